The van der Waals surface area contributed by atoms with E-state index in [1.807, 2.05) is 0 Å². The monoisotopic (exact) mass is 284 g/mol. The van der Waals surface area contributed by atoms with E-state index >= 15 is 0 Å². The fourth-order valence-electron chi connectivity index (χ4n) is 3.22. The van der Waals surface area contributed by atoms with Gasteiger partial charge in [0.25, 0.3) is 0 Å². The fraction of sp³-hybridized carbons (Fsp3) is 1.00. The molecule has 2 aliphatic carbocycles. The van der Waals surface area contributed by atoms with Crippen molar-refractivity contribution in [2.24, 2.45) is 0 Å². The molecule has 0 aromatic rings. The highest BCUT2D eigenvalue weighted by Crippen LogP contribution is 2.53. The molecule has 0 bridgehead atoms. The van der Waals surface area contributed by atoms with Crippen LogP contribution >= 0.6 is 0 Å². The van der Waals surface area contributed by atoms with Crippen LogP contribution in [0.4, 0.5) is 0 Å². The van der Waals surface area contributed by atoms with Crippen molar-refractivity contribution in [3.8, 4) is 0 Å². The fourth-order valence-corrected chi connectivity index (χ4v) is 8.27. The van der Waals surface area contributed by atoms with Gasteiger partial charge >= 0.3 is 8.56 Å². The Morgan fingerprint density at radius 1 is 0.789 bits per heavy atom. The first kappa shape index (κ1) is 15.5. The first-order valence-corrected chi connectivity index (χ1v) is 10.6. The van der Waals surface area contributed by atoms with Crippen LogP contribution in [0.1, 0.15) is 78.1 Å². The van der Waals surface area contributed by atoms with Crippen LogP contribution in [0.25, 0.3) is 0 Å². The lowest BCUT2D eigenvalue weighted by atomic mass is 9.98. The molecule has 2 nitrogen and oxygen atoms in total. The van der Waals surface area contributed by atoms with E-state index in [-0.39, 0.29) is 0 Å². The van der Waals surface area contributed by atoms with E-state index in [1.165, 1.54) is 64.2 Å². The van der Waals surface area contributed by atoms with Gasteiger partial charge in [-0.15, -0.1) is 0 Å². The van der Waals surface area contributed by atoms with Crippen molar-refractivity contribution in [1.82, 2.24) is 0 Å². The summed E-state index contributed by atoms with van der Waals surface area (Å²) in [5.74, 6) is 0. The normalized spacial score (nSPS) is 21.2. The molecule has 0 radical (unpaired) electrons. The first-order valence-electron chi connectivity index (χ1n) is 8.61. The summed E-state index contributed by atoms with van der Waals surface area (Å²) in [5, 5.41) is 0. The third-order valence-electron chi connectivity index (χ3n) is 5.00. The molecule has 19 heavy (non-hydrogen) atoms. The van der Waals surface area contributed by atoms with Gasteiger partial charge in [-0.25, -0.2) is 0 Å². The Hall–Kier alpha value is 0.137. The Morgan fingerprint density at radius 2 is 1.21 bits per heavy atom. The second-order valence-electron chi connectivity index (χ2n) is 6.38. The van der Waals surface area contributed by atoms with Crippen molar-refractivity contribution in [2.75, 3.05) is 13.2 Å². The molecule has 0 aromatic heterocycles. The molecule has 0 N–H and O–H groups in total. The van der Waals surface area contributed by atoms with Crippen molar-refractivity contribution in [1.29, 1.82) is 0 Å². The maximum atomic E-state index is 6.54. The zero-order chi connectivity index (χ0) is 13.6. The Bertz CT molecular complexity index is 223. The Morgan fingerprint density at radius 3 is 1.47 bits per heavy atom. The summed E-state index contributed by atoms with van der Waals surface area (Å²) in [6.07, 6.45) is 13.2. The average Bonchev–Trinajstić information content (AvgIpc) is 2.25. The minimum Gasteiger partial charge on any atom is -0.394 e. The van der Waals surface area contributed by atoms with E-state index in [9.17, 15) is 0 Å². The predicted octanol–water partition coefficient (Wildman–Crippen LogP) is 5.17. The van der Waals surface area contributed by atoms with Crippen molar-refractivity contribution < 1.29 is 8.85 Å². The molecule has 0 spiro atoms. The summed E-state index contributed by atoms with van der Waals surface area (Å²) in [6.45, 7) is 6.39. The van der Waals surface area contributed by atoms with Gasteiger partial charge in [0.05, 0.1) is 0 Å². The number of rotatable bonds is 10. The van der Waals surface area contributed by atoms with E-state index in [1.54, 1.807) is 0 Å². The van der Waals surface area contributed by atoms with Crippen LogP contribution in [0, 0.1) is 0 Å². The first-order chi connectivity index (χ1) is 9.33. The standard InChI is InChI=1S/C16H32O2Si/c1-3-5-13-17-19(15-9-7-10-15,16-11-8-12-16)18-14-6-4-2/h15-16H,3-14H2,1-2H3. The van der Waals surface area contributed by atoms with E-state index < -0.39 is 8.56 Å². The Labute approximate surface area is 120 Å². The number of hydrogen-bond acceptors (Lipinski definition) is 2. The molecule has 0 amide bonds. The maximum absolute atomic E-state index is 6.54. The number of unbranched alkanes of at least 4 members (excludes halogenated alkanes) is 2. The molecule has 2 rings (SSSR count). The van der Waals surface area contributed by atoms with Gasteiger partial charge in [0.1, 0.15) is 0 Å². The zero-order valence-electron chi connectivity index (χ0n) is 13.0. The molecule has 2 fully saturated rings. The van der Waals surface area contributed by atoms with Crippen LogP contribution in [0.2, 0.25) is 11.1 Å². The van der Waals surface area contributed by atoms with Crippen molar-refractivity contribution >= 4 is 8.56 Å². The molecule has 0 saturated heterocycles. The van der Waals surface area contributed by atoms with Gasteiger partial charge in [0, 0.05) is 24.3 Å². The van der Waals surface area contributed by atoms with E-state index in [2.05, 4.69) is 13.8 Å². The summed E-state index contributed by atoms with van der Waals surface area (Å²) in [4.78, 5) is 0. The minimum atomic E-state index is -1.90. The lowest BCUT2D eigenvalue weighted by Crippen LogP contribution is -2.55. The number of hydrogen-bond donors (Lipinski definition) is 0. The summed E-state index contributed by atoms with van der Waals surface area (Å²) in [7, 11) is -1.90. The largest absolute Gasteiger partial charge is 0.394 e. The highest BCUT2D eigenvalue weighted by Gasteiger charge is 2.55. The molecule has 0 aliphatic heterocycles. The van der Waals surface area contributed by atoms with Crippen molar-refractivity contribution in [3.05, 3.63) is 0 Å². The summed E-state index contributed by atoms with van der Waals surface area (Å²) in [5.41, 5.74) is 1.62. The van der Waals surface area contributed by atoms with Crippen LogP contribution in [-0.2, 0) is 8.85 Å². The Balaban J connectivity index is 1.97. The maximum Gasteiger partial charge on any atom is 0.344 e. The van der Waals surface area contributed by atoms with Gasteiger partial charge in [-0.05, 0) is 38.5 Å². The van der Waals surface area contributed by atoms with Crippen LogP contribution in [0.15, 0.2) is 0 Å². The van der Waals surface area contributed by atoms with E-state index in [0.717, 1.165) is 24.3 Å². The van der Waals surface area contributed by atoms with Gasteiger partial charge in [-0.2, -0.15) is 0 Å². The second-order valence-corrected chi connectivity index (χ2v) is 10.0. The lowest BCUT2D eigenvalue weighted by Gasteiger charge is -2.49. The van der Waals surface area contributed by atoms with Gasteiger partial charge in [0.2, 0.25) is 0 Å². The molecule has 112 valence electrons. The van der Waals surface area contributed by atoms with Crippen LogP contribution < -0.4 is 0 Å². The Kier molecular flexibility index (Phi) is 6.37. The summed E-state index contributed by atoms with van der Waals surface area (Å²) in [6, 6.07) is 0. The molecule has 0 unspecified atom stereocenters. The van der Waals surface area contributed by atoms with Gasteiger partial charge < -0.3 is 8.85 Å². The molecular weight excluding hydrogens is 252 g/mol. The topological polar surface area (TPSA) is 18.5 Å². The van der Waals surface area contributed by atoms with Crippen LogP contribution in [-0.4, -0.2) is 21.8 Å². The molecule has 2 saturated carbocycles. The predicted molar refractivity (Wildman–Crippen MR) is 82.7 cm³/mol. The SMILES string of the molecule is CCCCO[Si](OCCCC)(C1CCC1)C1CCC1. The minimum absolute atomic E-state index is 0.812. The zero-order valence-corrected chi connectivity index (χ0v) is 14.0. The molecule has 0 atom stereocenters. The van der Waals surface area contributed by atoms with Gasteiger partial charge in [0.15, 0.2) is 0 Å². The molecule has 0 aromatic carbocycles. The van der Waals surface area contributed by atoms with E-state index in [0.29, 0.717) is 0 Å². The van der Waals surface area contributed by atoms with Crippen molar-refractivity contribution in [2.45, 2.75) is 89.1 Å². The van der Waals surface area contributed by atoms with E-state index in [4.69, 9.17) is 8.85 Å². The highest BCUT2D eigenvalue weighted by atomic mass is 28.4. The van der Waals surface area contributed by atoms with Gasteiger partial charge in [-0.3, -0.25) is 0 Å². The van der Waals surface area contributed by atoms with Crippen molar-refractivity contribution in [3.63, 3.8) is 0 Å². The van der Waals surface area contributed by atoms with Gasteiger partial charge in [-0.1, -0.05) is 39.5 Å². The molecular formula is C16H32O2Si. The quantitative estimate of drug-likeness (QED) is 0.407. The molecule has 0 heterocycles. The molecule has 3 heteroatoms. The summed E-state index contributed by atoms with van der Waals surface area (Å²) >= 11 is 0. The highest BCUT2D eigenvalue weighted by molar-refractivity contribution is 6.71. The molecule has 2 aliphatic rings. The lowest BCUT2D eigenvalue weighted by molar-refractivity contribution is 0.120. The average molecular weight is 285 g/mol. The third kappa shape index (κ3) is 3.62. The third-order valence-corrected chi connectivity index (χ3v) is 9.74. The smallest absolute Gasteiger partial charge is 0.344 e. The van der Waals surface area contributed by atoms with Crippen LogP contribution in [0.5, 0.6) is 0 Å². The summed E-state index contributed by atoms with van der Waals surface area (Å²) < 4.78 is 13.1. The van der Waals surface area contributed by atoms with Crippen LogP contribution in [0.3, 0.4) is 0 Å². The second kappa shape index (κ2) is 7.80.